The van der Waals surface area contributed by atoms with E-state index in [1.165, 1.54) is 6.08 Å². The van der Waals surface area contributed by atoms with E-state index >= 15 is 0 Å². The van der Waals surface area contributed by atoms with Gasteiger partial charge in [0.05, 0.1) is 12.2 Å². The zero-order valence-corrected chi connectivity index (χ0v) is 30.2. The highest BCUT2D eigenvalue weighted by molar-refractivity contribution is 7.92. The summed E-state index contributed by atoms with van der Waals surface area (Å²) in [4.78, 5) is 40.5. The lowest BCUT2D eigenvalue weighted by Gasteiger charge is -2.39. The molecule has 53 heavy (non-hydrogen) atoms. The van der Waals surface area contributed by atoms with Gasteiger partial charge in [-0.2, -0.15) is 26.3 Å². The average molecular weight is 777 g/mol. The van der Waals surface area contributed by atoms with Gasteiger partial charge in [0.1, 0.15) is 5.54 Å². The quantitative estimate of drug-likeness (QED) is 0.206. The number of ether oxygens (including phenoxy) is 1. The van der Waals surface area contributed by atoms with Crippen LogP contribution in [-0.2, 0) is 14.8 Å². The van der Waals surface area contributed by atoms with E-state index in [1.807, 2.05) is 0 Å². The number of nitrogens with one attached hydrogen (secondary N) is 1. The molecule has 0 aliphatic carbocycles. The summed E-state index contributed by atoms with van der Waals surface area (Å²) in [7, 11) is -4.04. The molecule has 11 nitrogen and oxygen atoms in total. The molecule has 3 amide bonds. The van der Waals surface area contributed by atoms with Crippen LogP contribution >= 0.6 is 0 Å². The molecular weight excluding hydrogens is 734 g/mol. The molecule has 2 heterocycles. The Morgan fingerprint density at radius 2 is 1.55 bits per heavy atom. The summed E-state index contributed by atoms with van der Waals surface area (Å²) >= 11 is 0. The first-order valence-electron chi connectivity index (χ1n) is 16.8. The molecule has 2 aliphatic heterocycles. The number of rotatable bonds is 12. The Kier molecular flexibility index (Phi) is 12.3. The Balaban J connectivity index is 1.38. The maximum atomic E-state index is 14.3. The zero-order valence-electron chi connectivity index (χ0n) is 29.4. The summed E-state index contributed by atoms with van der Waals surface area (Å²) in [5, 5.41) is 13.7. The van der Waals surface area contributed by atoms with Crippen LogP contribution in [0.4, 0.5) is 26.3 Å². The minimum absolute atomic E-state index is 0.186. The third-order valence-electron chi connectivity index (χ3n) is 9.64. The lowest BCUT2D eigenvalue weighted by atomic mass is 9.87. The zero-order chi connectivity index (χ0) is 39.6. The van der Waals surface area contributed by atoms with Gasteiger partial charge in [0.25, 0.3) is 11.8 Å². The number of nitrogens with zero attached hydrogens (tertiary/aromatic N) is 2. The van der Waals surface area contributed by atoms with Crippen molar-refractivity contribution < 1.29 is 59.0 Å². The lowest BCUT2D eigenvalue weighted by molar-refractivity contribution is -0.284. The third kappa shape index (κ3) is 9.89. The maximum absolute atomic E-state index is 14.3. The number of sulfonamides is 1. The summed E-state index contributed by atoms with van der Waals surface area (Å²) in [5.74, 6) is -8.65. The molecular formula is C35H42F6N4O7S. The van der Waals surface area contributed by atoms with E-state index in [-0.39, 0.29) is 37.4 Å². The molecule has 0 radical (unpaired) electrons. The van der Waals surface area contributed by atoms with Crippen molar-refractivity contribution in [3.05, 3.63) is 69.4 Å². The van der Waals surface area contributed by atoms with Gasteiger partial charge in [-0.1, -0.05) is 0 Å². The highest BCUT2D eigenvalue weighted by Crippen LogP contribution is 2.39. The SMILES string of the molecule is Cc1cc(C(=O)N2CCC(C)(O)CC2)cc(C)c1C=CS(=O)(=O)N1CCC(NC(=O)c2ccc(F)c(OCCCC(F)(F)C(F)(F)F)c2)(C(N)=O)CC1. The fourth-order valence-corrected chi connectivity index (χ4v) is 7.37. The fraction of sp³-hybridized carbons (Fsp3) is 0.514. The van der Waals surface area contributed by atoms with Crippen LogP contribution in [0, 0.1) is 19.7 Å². The van der Waals surface area contributed by atoms with E-state index in [4.69, 9.17) is 10.5 Å². The Morgan fingerprint density at radius 3 is 2.09 bits per heavy atom. The van der Waals surface area contributed by atoms with Crippen LogP contribution in [0.1, 0.15) is 82.9 Å². The van der Waals surface area contributed by atoms with Gasteiger partial charge in [-0.25, -0.2) is 12.8 Å². The molecule has 0 unspecified atom stereocenters. The molecule has 0 bridgehead atoms. The number of nitrogens with two attached hydrogens (primary N) is 1. The molecule has 0 spiro atoms. The van der Waals surface area contributed by atoms with E-state index < -0.39 is 76.1 Å². The number of aliphatic hydroxyl groups is 1. The Labute approximate surface area is 303 Å². The first kappa shape index (κ1) is 41.6. The van der Waals surface area contributed by atoms with Crippen molar-refractivity contribution in [1.29, 1.82) is 0 Å². The molecule has 0 aromatic heterocycles. The minimum atomic E-state index is -5.75. The van der Waals surface area contributed by atoms with Crippen LogP contribution in [-0.4, -0.2) is 96.5 Å². The van der Waals surface area contributed by atoms with E-state index in [1.54, 1.807) is 37.8 Å². The van der Waals surface area contributed by atoms with Gasteiger partial charge in [-0.05, 0) is 106 Å². The molecule has 2 fully saturated rings. The number of carbonyl (C=O) groups is 3. The van der Waals surface area contributed by atoms with Gasteiger partial charge in [0, 0.05) is 49.1 Å². The van der Waals surface area contributed by atoms with Crippen molar-refractivity contribution in [3.63, 3.8) is 0 Å². The molecule has 18 heteroatoms. The van der Waals surface area contributed by atoms with Gasteiger partial charge in [-0.3, -0.25) is 14.4 Å². The van der Waals surface area contributed by atoms with Gasteiger partial charge >= 0.3 is 12.1 Å². The smallest absolute Gasteiger partial charge is 0.453 e. The molecule has 2 aromatic carbocycles. The molecule has 4 rings (SSSR count). The predicted octanol–water partition coefficient (Wildman–Crippen LogP) is 4.84. The highest BCUT2D eigenvalue weighted by Gasteiger charge is 2.56. The Bertz CT molecular complexity index is 1830. The highest BCUT2D eigenvalue weighted by atomic mass is 32.2. The average Bonchev–Trinajstić information content (AvgIpc) is 3.06. The van der Waals surface area contributed by atoms with Crippen molar-refractivity contribution in [2.24, 2.45) is 5.73 Å². The van der Waals surface area contributed by atoms with Crippen LogP contribution in [0.15, 0.2) is 35.7 Å². The van der Waals surface area contributed by atoms with Crippen molar-refractivity contribution in [1.82, 2.24) is 14.5 Å². The number of piperidine rings is 2. The van der Waals surface area contributed by atoms with Crippen molar-refractivity contribution in [2.45, 2.75) is 82.5 Å². The summed E-state index contributed by atoms with van der Waals surface area (Å²) in [6.45, 7) is 4.90. The third-order valence-corrected chi connectivity index (χ3v) is 11.2. The molecule has 2 aromatic rings. The predicted molar refractivity (Wildman–Crippen MR) is 182 cm³/mol. The van der Waals surface area contributed by atoms with Gasteiger partial charge in [0.2, 0.25) is 15.9 Å². The number of hydrogen-bond donors (Lipinski definition) is 3. The van der Waals surface area contributed by atoms with E-state index in [0.717, 1.165) is 27.9 Å². The molecule has 292 valence electrons. The van der Waals surface area contributed by atoms with E-state index in [2.05, 4.69) is 5.32 Å². The topological polar surface area (TPSA) is 159 Å². The number of benzene rings is 2. The number of aryl methyl sites for hydroxylation is 2. The lowest BCUT2D eigenvalue weighted by Crippen LogP contribution is -2.62. The van der Waals surface area contributed by atoms with Gasteiger partial charge in [0.15, 0.2) is 11.6 Å². The molecule has 4 N–H and O–H groups in total. The van der Waals surface area contributed by atoms with Crippen LogP contribution < -0.4 is 15.8 Å². The van der Waals surface area contributed by atoms with Crippen LogP contribution in [0.5, 0.6) is 5.75 Å². The van der Waals surface area contributed by atoms with Crippen LogP contribution in [0.3, 0.4) is 0 Å². The maximum Gasteiger partial charge on any atom is 0.453 e. The molecule has 2 aliphatic rings. The number of carbonyl (C=O) groups excluding carboxylic acids is 3. The Hall–Kier alpha value is -4.16. The van der Waals surface area contributed by atoms with Gasteiger partial charge < -0.3 is 25.8 Å². The number of alkyl halides is 5. The van der Waals surface area contributed by atoms with Crippen LogP contribution in [0.2, 0.25) is 0 Å². The van der Waals surface area contributed by atoms with Crippen molar-refractivity contribution in [3.8, 4) is 5.75 Å². The number of primary amides is 1. The molecule has 0 saturated carbocycles. The van der Waals surface area contributed by atoms with E-state index in [9.17, 15) is 54.3 Å². The van der Waals surface area contributed by atoms with Crippen LogP contribution in [0.25, 0.3) is 6.08 Å². The summed E-state index contributed by atoms with van der Waals surface area (Å²) in [6.07, 6.45) is -6.24. The monoisotopic (exact) mass is 776 g/mol. The second-order valence-electron chi connectivity index (χ2n) is 13.8. The largest absolute Gasteiger partial charge is 0.490 e. The van der Waals surface area contributed by atoms with E-state index in [0.29, 0.717) is 48.2 Å². The Morgan fingerprint density at radius 1 is 0.962 bits per heavy atom. The summed E-state index contributed by atoms with van der Waals surface area (Å²) in [5.41, 5.74) is 5.23. The molecule has 0 atom stereocenters. The normalized spacial score (nSPS) is 18.2. The summed E-state index contributed by atoms with van der Waals surface area (Å²) in [6, 6.07) is 6.07. The number of amides is 3. The van der Waals surface area contributed by atoms with Crippen molar-refractivity contribution in [2.75, 3.05) is 32.8 Å². The number of likely N-dealkylation sites (tertiary alicyclic amines) is 1. The first-order valence-corrected chi connectivity index (χ1v) is 18.3. The fourth-order valence-electron chi connectivity index (χ4n) is 6.19. The number of halogens is 6. The van der Waals surface area contributed by atoms with Gasteiger partial charge in [-0.15, -0.1) is 0 Å². The summed E-state index contributed by atoms with van der Waals surface area (Å²) < 4.78 is 111. The second kappa shape index (κ2) is 15.7. The minimum Gasteiger partial charge on any atom is -0.490 e. The molecule has 2 saturated heterocycles. The number of hydrogen-bond acceptors (Lipinski definition) is 7. The first-order chi connectivity index (χ1) is 24.5. The standard InChI is InChI=1S/C35H42F6N4O7S/c1-22-19-25(30(47)44-13-9-32(3,49)10-14-44)20-23(2)26(22)7-18-53(50,51)45-15-11-33(12-16-45,31(42)48)43-29(46)24-5-6-27(36)28(21-24)52-17-4-8-34(37,38)35(39,40)41/h5-7,18-21,49H,4,8-17H2,1-3H3,(H2,42,48)(H,43,46). The second-order valence-corrected chi connectivity index (χ2v) is 15.6. The van der Waals surface area contributed by atoms with Crippen molar-refractivity contribution >= 4 is 33.8 Å².